The van der Waals surface area contributed by atoms with Crippen molar-refractivity contribution in [2.75, 3.05) is 16.8 Å². The molecule has 0 atom stereocenters. The predicted octanol–water partition coefficient (Wildman–Crippen LogP) is 6.09. The molecular weight excluding hydrogens is 402 g/mol. The molecule has 8 heteroatoms. The standard InChI is InChI=1S/C22H18ClN5O2/c1-2-27(19-13-7-9-15-8-3-4-10-16(15)19)22-20(28(29)30)21(24-14-25-22)26-18-12-6-5-11-17(18)23/h3-14H,2H2,1H3,(H,24,25,26). The Balaban J connectivity index is 1.87. The van der Waals surface area contributed by atoms with E-state index in [1.807, 2.05) is 54.3 Å². The minimum atomic E-state index is -0.470. The third-order valence-corrected chi connectivity index (χ3v) is 5.07. The van der Waals surface area contributed by atoms with Crippen LogP contribution in [0.15, 0.2) is 73.1 Å². The number of fused-ring (bicyclic) bond motifs is 1. The number of nitrogens with one attached hydrogen (secondary N) is 1. The predicted molar refractivity (Wildman–Crippen MR) is 120 cm³/mol. The summed E-state index contributed by atoms with van der Waals surface area (Å²) < 4.78 is 0. The molecule has 150 valence electrons. The zero-order chi connectivity index (χ0) is 21.1. The second-order valence-corrected chi connectivity index (χ2v) is 6.91. The van der Waals surface area contributed by atoms with Crippen molar-refractivity contribution in [2.45, 2.75) is 6.92 Å². The fourth-order valence-electron chi connectivity index (χ4n) is 3.39. The summed E-state index contributed by atoms with van der Waals surface area (Å²) in [5.41, 5.74) is 1.15. The number of anilines is 4. The topological polar surface area (TPSA) is 84.2 Å². The van der Waals surface area contributed by atoms with E-state index in [1.165, 1.54) is 6.33 Å². The Labute approximate surface area is 178 Å². The largest absolute Gasteiger partial charge is 0.354 e. The van der Waals surface area contributed by atoms with Crippen LogP contribution >= 0.6 is 11.6 Å². The molecule has 0 radical (unpaired) electrons. The van der Waals surface area contributed by atoms with E-state index in [2.05, 4.69) is 15.3 Å². The van der Waals surface area contributed by atoms with Crippen molar-refractivity contribution < 1.29 is 4.92 Å². The quantitative estimate of drug-likeness (QED) is 0.300. The number of benzene rings is 3. The van der Waals surface area contributed by atoms with Gasteiger partial charge in [-0.25, -0.2) is 9.97 Å². The van der Waals surface area contributed by atoms with Crippen molar-refractivity contribution >= 4 is 51.1 Å². The Hall–Kier alpha value is -3.71. The van der Waals surface area contributed by atoms with Crippen LogP contribution in [0.2, 0.25) is 5.02 Å². The molecule has 0 aliphatic carbocycles. The maximum Gasteiger partial charge on any atom is 0.354 e. The molecule has 0 fully saturated rings. The summed E-state index contributed by atoms with van der Waals surface area (Å²) in [4.78, 5) is 21.8. The molecular formula is C22H18ClN5O2. The van der Waals surface area contributed by atoms with Crippen molar-refractivity contribution in [2.24, 2.45) is 0 Å². The zero-order valence-corrected chi connectivity index (χ0v) is 16.9. The number of hydrogen-bond donors (Lipinski definition) is 1. The number of aromatic nitrogens is 2. The van der Waals surface area contributed by atoms with E-state index in [9.17, 15) is 10.1 Å². The Morgan fingerprint density at radius 3 is 2.53 bits per heavy atom. The molecule has 4 rings (SSSR count). The molecule has 30 heavy (non-hydrogen) atoms. The summed E-state index contributed by atoms with van der Waals surface area (Å²) in [6.45, 7) is 2.41. The summed E-state index contributed by atoms with van der Waals surface area (Å²) in [7, 11) is 0. The van der Waals surface area contributed by atoms with Crippen LogP contribution in [-0.4, -0.2) is 21.4 Å². The molecule has 7 nitrogen and oxygen atoms in total. The summed E-state index contributed by atoms with van der Waals surface area (Å²) >= 11 is 6.21. The van der Waals surface area contributed by atoms with Gasteiger partial charge < -0.3 is 10.2 Å². The molecule has 0 saturated heterocycles. The maximum atomic E-state index is 12.1. The molecule has 0 saturated carbocycles. The average Bonchev–Trinajstić information content (AvgIpc) is 2.76. The highest BCUT2D eigenvalue weighted by Gasteiger charge is 2.28. The number of hydrogen-bond acceptors (Lipinski definition) is 6. The summed E-state index contributed by atoms with van der Waals surface area (Å²) in [5.74, 6) is 0.292. The van der Waals surface area contributed by atoms with Crippen molar-refractivity contribution in [3.63, 3.8) is 0 Å². The zero-order valence-electron chi connectivity index (χ0n) is 16.1. The number of rotatable bonds is 6. The fourth-order valence-corrected chi connectivity index (χ4v) is 3.58. The van der Waals surface area contributed by atoms with Crippen LogP contribution in [0.25, 0.3) is 10.8 Å². The molecule has 4 aromatic rings. The Morgan fingerprint density at radius 2 is 1.77 bits per heavy atom. The van der Waals surface area contributed by atoms with Gasteiger partial charge in [-0.1, -0.05) is 60.1 Å². The lowest BCUT2D eigenvalue weighted by atomic mass is 10.1. The lowest BCUT2D eigenvalue weighted by Crippen LogP contribution is -2.20. The minimum absolute atomic E-state index is 0.0804. The second-order valence-electron chi connectivity index (χ2n) is 6.50. The first-order chi connectivity index (χ1) is 14.6. The maximum absolute atomic E-state index is 12.1. The van der Waals surface area contributed by atoms with Gasteiger partial charge in [0.1, 0.15) is 6.33 Å². The van der Waals surface area contributed by atoms with Crippen molar-refractivity contribution in [1.29, 1.82) is 0 Å². The average molecular weight is 420 g/mol. The summed E-state index contributed by atoms with van der Waals surface area (Å²) in [6, 6.07) is 20.8. The third kappa shape index (κ3) is 3.62. The molecule has 0 aliphatic rings. The highest BCUT2D eigenvalue weighted by molar-refractivity contribution is 6.33. The van der Waals surface area contributed by atoms with Crippen LogP contribution in [0.4, 0.5) is 28.7 Å². The van der Waals surface area contributed by atoms with Gasteiger partial charge in [0.25, 0.3) is 0 Å². The minimum Gasteiger partial charge on any atom is -0.333 e. The van der Waals surface area contributed by atoms with Gasteiger partial charge in [-0.2, -0.15) is 0 Å². The molecule has 1 aromatic heterocycles. The lowest BCUT2D eigenvalue weighted by molar-refractivity contribution is -0.383. The highest BCUT2D eigenvalue weighted by atomic mass is 35.5. The Bertz CT molecular complexity index is 1230. The van der Waals surface area contributed by atoms with E-state index in [0.29, 0.717) is 17.3 Å². The number of nitrogens with zero attached hydrogens (tertiary/aromatic N) is 4. The van der Waals surface area contributed by atoms with Gasteiger partial charge in [-0.15, -0.1) is 0 Å². The van der Waals surface area contributed by atoms with Crippen LogP contribution in [0, 0.1) is 10.1 Å². The summed E-state index contributed by atoms with van der Waals surface area (Å²) in [6.07, 6.45) is 1.31. The number of para-hydroxylation sites is 1. The molecule has 0 aliphatic heterocycles. The number of halogens is 1. The first kappa shape index (κ1) is 19.6. The van der Waals surface area contributed by atoms with Crippen LogP contribution < -0.4 is 10.2 Å². The van der Waals surface area contributed by atoms with Gasteiger partial charge >= 0.3 is 5.69 Å². The second kappa shape index (κ2) is 8.34. The molecule has 0 unspecified atom stereocenters. The van der Waals surface area contributed by atoms with E-state index < -0.39 is 4.92 Å². The normalized spacial score (nSPS) is 10.7. The van der Waals surface area contributed by atoms with E-state index >= 15 is 0 Å². The van der Waals surface area contributed by atoms with Gasteiger partial charge in [0, 0.05) is 11.9 Å². The fraction of sp³-hybridized carbons (Fsp3) is 0.0909. The van der Waals surface area contributed by atoms with Gasteiger partial charge in [0.15, 0.2) is 0 Å². The van der Waals surface area contributed by atoms with Crippen LogP contribution in [0.1, 0.15) is 6.92 Å². The Morgan fingerprint density at radius 1 is 1.03 bits per heavy atom. The van der Waals surface area contributed by atoms with E-state index in [0.717, 1.165) is 16.5 Å². The molecule has 0 spiro atoms. The molecule has 1 heterocycles. The SMILES string of the molecule is CCN(c1ncnc(Nc2ccccc2Cl)c1[N+](=O)[O-])c1cccc2ccccc12. The Kier molecular flexibility index (Phi) is 5.45. The first-order valence-electron chi connectivity index (χ1n) is 9.36. The molecule has 1 N–H and O–H groups in total. The number of nitro groups is 1. The smallest absolute Gasteiger partial charge is 0.333 e. The first-order valence-corrected chi connectivity index (χ1v) is 9.74. The van der Waals surface area contributed by atoms with Gasteiger partial charge in [-0.05, 0) is 30.5 Å². The van der Waals surface area contributed by atoms with Gasteiger partial charge in [0.2, 0.25) is 11.6 Å². The van der Waals surface area contributed by atoms with Gasteiger partial charge in [0.05, 0.1) is 21.3 Å². The van der Waals surface area contributed by atoms with Crippen molar-refractivity contribution in [3.8, 4) is 0 Å². The van der Waals surface area contributed by atoms with Crippen LogP contribution in [0.5, 0.6) is 0 Å². The van der Waals surface area contributed by atoms with Crippen LogP contribution in [0.3, 0.4) is 0 Å². The molecule has 3 aromatic carbocycles. The van der Waals surface area contributed by atoms with E-state index in [1.54, 1.807) is 24.3 Å². The van der Waals surface area contributed by atoms with E-state index in [4.69, 9.17) is 11.6 Å². The highest BCUT2D eigenvalue weighted by Crippen LogP contribution is 2.39. The van der Waals surface area contributed by atoms with Crippen molar-refractivity contribution in [3.05, 3.63) is 88.2 Å². The molecule has 0 bridgehead atoms. The molecule has 0 amide bonds. The van der Waals surface area contributed by atoms with E-state index in [-0.39, 0.29) is 17.3 Å². The lowest BCUT2D eigenvalue weighted by Gasteiger charge is -2.24. The van der Waals surface area contributed by atoms with Gasteiger partial charge in [-0.3, -0.25) is 10.1 Å². The summed E-state index contributed by atoms with van der Waals surface area (Å²) in [5, 5.41) is 17.5. The van der Waals surface area contributed by atoms with Crippen molar-refractivity contribution in [1.82, 2.24) is 9.97 Å². The van der Waals surface area contributed by atoms with Crippen LogP contribution in [-0.2, 0) is 0 Å². The third-order valence-electron chi connectivity index (χ3n) is 4.74. The monoisotopic (exact) mass is 419 g/mol.